The minimum atomic E-state index is -0.168. The Morgan fingerprint density at radius 1 is 0.914 bits per heavy atom. The topological polar surface area (TPSA) is 80.9 Å². The van der Waals surface area contributed by atoms with Crippen LogP contribution in [0.25, 0.3) is 22.5 Å². The highest BCUT2D eigenvalue weighted by Gasteiger charge is 2.21. The number of nitrogens with zero attached hydrogens (tertiary/aromatic N) is 1. The first-order valence-corrected chi connectivity index (χ1v) is 11.3. The maximum Gasteiger partial charge on any atom is 0.269 e. The lowest BCUT2D eigenvalue weighted by atomic mass is 9.97. The molecule has 0 fully saturated rings. The van der Waals surface area contributed by atoms with Gasteiger partial charge in [0.05, 0.1) is 13.7 Å². The van der Waals surface area contributed by atoms with Gasteiger partial charge in [0.2, 0.25) is 5.78 Å². The van der Waals surface area contributed by atoms with E-state index in [1.54, 1.807) is 20.2 Å². The van der Waals surface area contributed by atoms with Crippen LogP contribution in [0.5, 0.6) is 5.75 Å². The van der Waals surface area contributed by atoms with Crippen molar-refractivity contribution in [3.05, 3.63) is 101 Å². The molecule has 4 aromatic rings. The van der Waals surface area contributed by atoms with Crippen LogP contribution in [-0.2, 0) is 17.8 Å². The largest absolute Gasteiger partial charge is 0.497 e. The van der Waals surface area contributed by atoms with E-state index < -0.39 is 0 Å². The third-order valence-corrected chi connectivity index (χ3v) is 6.12. The van der Waals surface area contributed by atoms with Crippen molar-refractivity contribution in [2.45, 2.75) is 13.0 Å². The van der Waals surface area contributed by atoms with Crippen molar-refractivity contribution in [1.29, 1.82) is 0 Å². The highest BCUT2D eigenvalue weighted by molar-refractivity contribution is 6.46. The monoisotopic (exact) mass is 464 g/mol. The molecule has 0 spiro atoms. The number of benzene rings is 3. The van der Waals surface area contributed by atoms with E-state index in [-0.39, 0.29) is 18.1 Å². The highest BCUT2D eigenvalue weighted by Crippen LogP contribution is 2.28. The second kappa shape index (κ2) is 9.43. The van der Waals surface area contributed by atoms with Crippen LogP contribution in [0.3, 0.4) is 0 Å². The maximum absolute atomic E-state index is 12.8. The smallest absolute Gasteiger partial charge is 0.269 e. The first kappa shape index (κ1) is 22.3. The van der Waals surface area contributed by atoms with Gasteiger partial charge < -0.3 is 14.5 Å². The zero-order valence-electron chi connectivity index (χ0n) is 19.5. The number of aliphatic imine (C=N–C) groups is 1. The van der Waals surface area contributed by atoms with Crippen LogP contribution in [0.1, 0.15) is 27.2 Å². The molecule has 0 saturated heterocycles. The molecule has 35 heavy (non-hydrogen) atoms. The van der Waals surface area contributed by atoms with E-state index in [1.807, 2.05) is 66.7 Å². The number of Topliss-reactive ketones (excluding diaryl/α,β-unsaturated/α-hetero) is 1. The summed E-state index contributed by atoms with van der Waals surface area (Å²) in [5.41, 5.74) is 6.27. The van der Waals surface area contributed by atoms with E-state index in [0.717, 1.165) is 39.1 Å². The number of amides is 1. The normalized spacial score (nSPS) is 12.1. The summed E-state index contributed by atoms with van der Waals surface area (Å²) in [6.07, 6.45) is 0.253. The Labute approximate surface area is 203 Å². The minimum absolute atomic E-state index is 0.0751. The predicted octanol–water partition coefficient (Wildman–Crippen LogP) is 5.10. The molecule has 5 rings (SSSR count). The summed E-state index contributed by atoms with van der Waals surface area (Å²) in [4.78, 5) is 29.1. The fourth-order valence-electron chi connectivity index (χ4n) is 4.18. The Balaban J connectivity index is 1.27. The summed E-state index contributed by atoms with van der Waals surface area (Å²) in [5.74, 6) is 1.51. The van der Waals surface area contributed by atoms with E-state index in [2.05, 4.69) is 16.4 Å². The van der Waals surface area contributed by atoms with Gasteiger partial charge in [-0.3, -0.25) is 14.6 Å². The number of furan rings is 1. The summed E-state index contributed by atoms with van der Waals surface area (Å²) >= 11 is 0. The SMILES string of the molecule is CNC(=O)C1=NCc2cc(-c3ccc(CC(=O)c4ccc(-c5ccc(OC)cc5)o4)cc3)ccc21. The first-order valence-electron chi connectivity index (χ1n) is 11.3. The molecule has 3 aromatic carbocycles. The highest BCUT2D eigenvalue weighted by atomic mass is 16.5. The zero-order valence-corrected chi connectivity index (χ0v) is 19.5. The fraction of sp³-hybridized carbons (Fsp3) is 0.138. The van der Waals surface area contributed by atoms with Crippen LogP contribution in [0.15, 0.2) is 88.3 Å². The van der Waals surface area contributed by atoms with E-state index in [0.29, 0.717) is 23.8 Å². The van der Waals surface area contributed by atoms with Gasteiger partial charge in [-0.05, 0) is 64.7 Å². The Morgan fingerprint density at radius 3 is 2.34 bits per heavy atom. The Bertz CT molecular complexity index is 1430. The summed E-state index contributed by atoms with van der Waals surface area (Å²) in [5, 5.41) is 2.63. The van der Waals surface area contributed by atoms with Crippen molar-refractivity contribution >= 4 is 17.4 Å². The molecule has 1 aliphatic heterocycles. The number of carbonyl (C=O) groups is 2. The molecule has 6 nitrogen and oxygen atoms in total. The summed E-state index contributed by atoms with van der Waals surface area (Å²) in [6, 6.07) is 25.0. The molecule has 6 heteroatoms. The molecular formula is C29H24N2O4. The molecule has 0 atom stereocenters. The summed E-state index contributed by atoms with van der Waals surface area (Å²) < 4.78 is 11.0. The molecule has 0 unspecified atom stereocenters. The summed E-state index contributed by atoms with van der Waals surface area (Å²) in [7, 11) is 3.23. The maximum atomic E-state index is 12.8. The molecule has 1 aromatic heterocycles. The van der Waals surface area contributed by atoms with Gasteiger partial charge in [-0.25, -0.2) is 0 Å². The van der Waals surface area contributed by atoms with Crippen molar-refractivity contribution in [1.82, 2.24) is 5.32 Å². The number of hydrogen-bond donors (Lipinski definition) is 1. The number of nitrogens with one attached hydrogen (secondary N) is 1. The standard InChI is InChI=1S/C29H24N2O4/c1-30-29(33)28-24-12-9-21(16-22(24)17-31-28)19-5-3-18(4-6-19)15-25(32)27-14-13-26(35-27)20-7-10-23(34-2)11-8-20/h3-14,16H,15,17H2,1-2H3,(H,30,33). The third kappa shape index (κ3) is 4.51. The Hall–Kier alpha value is -4.45. The molecular weight excluding hydrogens is 440 g/mol. The van der Waals surface area contributed by atoms with Gasteiger partial charge in [-0.1, -0.05) is 36.4 Å². The van der Waals surface area contributed by atoms with E-state index >= 15 is 0 Å². The zero-order chi connectivity index (χ0) is 24.4. The van der Waals surface area contributed by atoms with Crippen molar-refractivity contribution < 1.29 is 18.7 Å². The quantitative estimate of drug-likeness (QED) is 0.386. The third-order valence-electron chi connectivity index (χ3n) is 6.12. The van der Waals surface area contributed by atoms with Crippen LogP contribution in [0.4, 0.5) is 0 Å². The fourth-order valence-corrected chi connectivity index (χ4v) is 4.18. The summed E-state index contributed by atoms with van der Waals surface area (Å²) in [6.45, 7) is 0.500. The van der Waals surface area contributed by atoms with Gasteiger partial charge >= 0.3 is 0 Å². The van der Waals surface area contributed by atoms with Crippen LogP contribution in [0.2, 0.25) is 0 Å². The average molecular weight is 465 g/mol. The lowest BCUT2D eigenvalue weighted by molar-refractivity contribution is -0.114. The molecule has 0 saturated carbocycles. The van der Waals surface area contributed by atoms with Gasteiger partial charge in [0.15, 0.2) is 5.76 Å². The van der Waals surface area contributed by atoms with Gasteiger partial charge in [0, 0.05) is 24.6 Å². The molecule has 2 heterocycles. The molecule has 0 bridgehead atoms. The lowest BCUT2D eigenvalue weighted by Gasteiger charge is -2.07. The van der Waals surface area contributed by atoms with Crippen molar-refractivity contribution in [3.63, 3.8) is 0 Å². The molecule has 1 N–H and O–H groups in total. The van der Waals surface area contributed by atoms with Gasteiger partial charge in [-0.15, -0.1) is 0 Å². The number of likely N-dealkylation sites (N-methyl/N-ethyl adjacent to an activating group) is 1. The first-order chi connectivity index (χ1) is 17.1. The number of rotatable bonds is 7. The van der Waals surface area contributed by atoms with Crippen LogP contribution < -0.4 is 10.1 Å². The Kier molecular flexibility index (Phi) is 6.02. The van der Waals surface area contributed by atoms with Gasteiger partial charge in [-0.2, -0.15) is 0 Å². The van der Waals surface area contributed by atoms with Crippen LogP contribution in [-0.4, -0.2) is 31.6 Å². The van der Waals surface area contributed by atoms with Crippen LogP contribution in [0, 0.1) is 0 Å². The van der Waals surface area contributed by atoms with Gasteiger partial charge in [0.1, 0.15) is 17.2 Å². The van der Waals surface area contributed by atoms with Gasteiger partial charge in [0.25, 0.3) is 5.91 Å². The predicted molar refractivity (Wildman–Crippen MR) is 135 cm³/mol. The van der Waals surface area contributed by atoms with E-state index in [4.69, 9.17) is 9.15 Å². The number of methoxy groups -OCH3 is 1. The molecule has 174 valence electrons. The van der Waals surface area contributed by atoms with Crippen molar-refractivity contribution in [2.24, 2.45) is 4.99 Å². The molecule has 0 aliphatic carbocycles. The Morgan fingerprint density at radius 2 is 1.63 bits per heavy atom. The lowest BCUT2D eigenvalue weighted by Crippen LogP contribution is -2.27. The second-order valence-corrected chi connectivity index (χ2v) is 8.31. The van der Waals surface area contributed by atoms with Crippen molar-refractivity contribution in [2.75, 3.05) is 14.2 Å². The molecule has 0 radical (unpaired) electrons. The van der Waals surface area contributed by atoms with E-state index in [1.165, 1.54) is 0 Å². The number of carbonyl (C=O) groups excluding carboxylic acids is 2. The average Bonchev–Trinajstić information content (AvgIpc) is 3.56. The number of fused-ring (bicyclic) bond motifs is 1. The second-order valence-electron chi connectivity index (χ2n) is 8.31. The van der Waals surface area contributed by atoms with Crippen molar-refractivity contribution in [3.8, 4) is 28.2 Å². The van der Waals surface area contributed by atoms with Crippen LogP contribution >= 0.6 is 0 Å². The minimum Gasteiger partial charge on any atom is -0.497 e. The molecule has 1 amide bonds. The number of hydrogen-bond acceptors (Lipinski definition) is 5. The van der Waals surface area contributed by atoms with E-state index in [9.17, 15) is 9.59 Å². The number of ether oxygens (including phenoxy) is 1. The molecule has 1 aliphatic rings. The number of ketones is 1.